The summed E-state index contributed by atoms with van der Waals surface area (Å²) >= 11 is 0. The van der Waals surface area contributed by atoms with Gasteiger partial charge in [0, 0.05) is 45.2 Å². The van der Waals surface area contributed by atoms with E-state index in [1.54, 1.807) is 10.9 Å². The van der Waals surface area contributed by atoms with E-state index in [-0.39, 0.29) is 11.5 Å². The fourth-order valence-electron chi connectivity index (χ4n) is 5.79. The number of carbonyl (C=O) groups excluding carboxylic acids is 1. The van der Waals surface area contributed by atoms with E-state index >= 15 is 0 Å². The number of hydrogen-bond donors (Lipinski definition) is 0. The highest BCUT2D eigenvalue weighted by Crippen LogP contribution is 2.33. The Morgan fingerprint density at radius 3 is 2.56 bits per heavy atom. The monoisotopic (exact) mass is 488 g/mol. The second-order valence-corrected chi connectivity index (χ2v) is 10.2. The Hall–Kier alpha value is -3.39. The molecule has 188 valence electrons. The summed E-state index contributed by atoms with van der Waals surface area (Å²) in [5.74, 6) is 2.45. The van der Waals surface area contributed by atoms with Crippen LogP contribution in [0.25, 0.3) is 10.9 Å². The molecule has 3 heterocycles. The predicted octanol–water partition coefficient (Wildman–Crippen LogP) is 3.28. The Bertz CT molecular complexity index is 1310. The van der Waals surface area contributed by atoms with Crippen molar-refractivity contribution in [1.29, 1.82) is 0 Å². The second-order valence-electron chi connectivity index (χ2n) is 10.2. The third kappa shape index (κ3) is 4.69. The van der Waals surface area contributed by atoms with Gasteiger partial charge in [-0.05, 0) is 61.4 Å². The van der Waals surface area contributed by atoms with Crippen molar-refractivity contribution in [3.8, 4) is 11.5 Å². The number of amides is 1. The van der Waals surface area contributed by atoms with E-state index in [1.165, 1.54) is 5.56 Å². The molecular formula is C28H32N4O4. The zero-order valence-corrected chi connectivity index (χ0v) is 20.5. The molecule has 3 aliphatic rings. The fourth-order valence-corrected chi connectivity index (χ4v) is 5.79. The summed E-state index contributed by atoms with van der Waals surface area (Å²) in [5.41, 5.74) is 1.97. The second kappa shape index (κ2) is 9.93. The van der Waals surface area contributed by atoms with Crippen LogP contribution in [0.4, 0.5) is 0 Å². The number of piperazine rings is 1. The van der Waals surface area contributed by atoms with Crippen LogP contribution in [0.3, 0.4) is 0 Å². The SMILES string of the molecule is O=C(C1CCC(Cn2cnc3ccccc3c2=O)CC1)N1CCN(Cc2ccc3c(c2)OCO3)CC1. The van der Waals surface area contributed by atoms with Gasteiger partial charge in [-0.2, -0.15) is 0 Å². The molecule has 1 aliphatic carbocycles. The van der Waals surface area contributed by atoms with Gasteiger partial charge in [0.25, 0.3) is 5.56 Å². The minimum Gasteiger partial charge on any atom is -0.454 e. The van der Waals surface area contributed by atoms with Crippen LogP contribution in [0.15, 0.2) is 53.6 Å². The van der Waals surface area contributed by atoms with Gasteiger partial charge in [-0.15, -0.1) is 0 Å². The number of hydrogen-bond acceptors (Lipinski definition) is 6. The molecule has 3 aromatic rings. The first-order chi connectivity index (χ1) is 17.6. The summed E-state index contributed by atoms with van der Waals surface area (Å²) < 4.78 is 12.6. The van der Waals surface area contributed by atoms with Crippen molar-refractivity contribution in [1.82, 2.24) is 19.4 Å². The standard InChI is InChI=1S/C28H32N4O4/c33-27(31-13-11-30(12-14-31)16-21-7-10-25-26(15-21)36-19-35-25)22-8-5-20(6-9-22)17-32-18-29-24-4-2-1-3-23(24)28(32)34/h1-4,7,10,15,18,20,22H,5-6,8-9,11-14,16-17,19H2. The summed E-state index contributed by atoms with van der Waals surface area (Å²) in [5, 5.41) is 0.668. The van der Waals surface area contributed by atoms with E-state index in [0.717, 1.165) is 75.4 Å². The van der Waals surface area contributed by atoms with Crippen molar-refractivity contribution >= 4 is 16.8 Å². The zero-order chi connectivity index (χ0) is 24.5. The molecule has 0 unspecified atom stereocenters. The van der Waals surface area contributed by atoms with Crippen molar-refractivity contribution in [2.75, 3.05) is 33.0 Å². The van der Waals surface area contributed by atoms with Gasteiger partial charge in [0.2, 0.25) is 12.7 Å². The van der Waals surface area contributed by atoms with E-state index in [2.05, 4.69) is 26.9 Å². The van der Waals surface area contributed by atoms with Crippen LogP contribution in [-0.4, -0.2) is 58.2 Å². The van der Waals surface area contributed by atoms with Gasteiger partial charge < -0.3 is 14.4 Å². The van der Waals surface area contributed by atoms with Gasteiger partial charge in [-0.25, -0.2) is 4.98 Å². The van der Waals surface area contributed by atoms with Gasteiger partial charge in [-0.1, -0.05) is 18.2 Å². The molecule has 8 nitrogen and oxygen atoms in total. The van der Waals surface area contributed by atoms with Crippen molar-refractivity contribution in [3.63, 3.8) is 0 Å². The van der Waals surface area contributed by atoms with Crippen molar-refractivity contribution in [3.05, 3.63) is 64.7 Å². The molecule has 0 bridgehead atoms. The molecule has 6 rings (SSSR count). The Balaban J connectivity index is 0.982. The number of ether oxygens (including phenoxy) is 2. The highest BCUT2D eigenvalue weighted by atomic mass is 16.7. The quantitative estimate of drug-likeness (QED) is 0.549. The van der Waals surface area contributed by atoms with E-state index in [9.17, 15) is 9.59 Å². The van der Waals surface area contributed by atoms with Crippen LogP contribution < -0.4 is 15.0 Å². The topological polar surface area (TPSA) is 76.9 Å². The Morgan fingerprint density at radius 2 is 1.72 bits per heavy atom. The van der Waals surface area contributed by atoms with E-state index in [4.69, 9.17) is 9.47 Å². The number of aromatic nitrogens is 2. The zero-order valence-electron chi connectivity index (χ0n) is 20.5. The first-order valence-electron chi connectivity index (χ1n) is 13.0. The van der Waals surface area contributed by atoms with E-state index in [1.807, 2.05) is 30.3 Å². The van der Waals surface area contributed by atoms with Crippen LogP contribution in [0.1, 0.15) is 31.2 Å². The minimum absolute atomic E-state index is 0.0254. The lowest BCUT2D eigenvalue weighted by molar-refractivity contribution is -0.138. The summed E-state index contributed by atoms with van der Waals surface area (Å²) in [4.78, 5) is 34.9. The maximum atomic E-state index is 13.2. The predicted molar refractivity (Wildman–Crippen MR) is 136 cm³/mol. The van der Waals surface area contributed by atoms with Gasteiger partial charge in [-0.3, -0.25) is 19.1 Å². The molecule has 2 aliphatic heterocycles. The van der Waals surface area contributed by atoms with Crippen molar-refractivity contribution < 1.29 is 14.3 Å². The number of para-hydroxylation sites is 1. The summed E-state index contributed by atoms with van der Waals surface area (Å²) in [6.07, 6.45) is 5.41. The molecule has 2 aromatic carbocycles. The summed E-state index contributed by atoms with van der Waals surface area (Å²) in [6, 6.07) is 13.6. The smallest absolute Gasteiger partial charge is 0.261 e. The molecule has 1 aromatic heterocycles. The van der Waals surface area contributed by atoms with E-state index in [0.29, 0.717) is 30.5 Å². The van der Waals surface area contributed by atoms with Crippen molar-refractivity contribution in [2.45, 2.75) is 38.8 Å². The average Bonchev–Trinajstić information content (AvgIpc) is 3.39. The molecule has 0 N–H and O–H groups in total. The van der Waals surface area contributed by atoms with Gasteiger partial charge >= 0.3 is 0 Å². The molecular weight excluding hydrogens is 456 g/mol. The molecule has 36 heavy (non-hydrogen) atoms. The summed E-state index contributed by atoms with van der Waals surface area (Å²) in [7, 11) is 0. The Labute approximate surface area is 210 Å². The normalized spacial score (nSPS) is 22.2. The highest BCUT2D eigenvalue weighted by Gasteiger charge is 2.31. The van der Waals surface area contributed by atoms with Gasteiger partial charge in [0.15, 0.2) is 11.5 Å². The minimum atomic E-state index is 0.0254. The third-order valence-electron chi connectivity index (χ3n) is 7.91. The Morgan fingerprint density at radius 1 is 0.944 bits per heavy atom. The average molecular weight is 489 g/mol. The van der Waals surface area contributed by atoms with Crippen LogP contribution in [0.5, 0.6) is 11.5 Å². The van der Waals surface area contributed by atoms with E-state index < -0.39 is 0 Å². The molecule has 0 atom stereocenters. The maximum absolute atomic E-state index is 13.2. The van der Waals surface area contributed by atoms with Crippen LogP contribution in [0, 0.1) is 11.8 Å². The maximum Gasteiger partial charge on any atom is 0.261 e. The molecule has 2 fully saturated rings. The lowest BCUT2D eigenvalue weighted by Crippen LogP contribution is -2.50. The van der Waals surface area contributed by atoms with Gasteiger partial charge in [0.1, 0.15) is 0 Å². The Kier molecular flexibility index (Phi) is 6.35. The fraction of sp³-hybridized carbons (Fsp3) is 0.464. The molecule has 1 saturated heterocycles. The first kappa shape index (κ1) is 23.0. The highest BCUT2D eigenvalue weighted by molar-refractivity contribution is 5.79. The molecule has 8 heteroatoms. The first-order valence-corrected chi connectivity index (χ1v) is 13.0. The molecule has 1 saturated carbocycles. The van der Waals surface area contributed by atoms with Crippen molar-refractivity contribution in [2.24, 2.45) is 11.8 Å². The third-order valence-corrected chi connectivity index (χ3v) is 7.91. The lowest BCUT2D eigenvalue weighted by Gasteiger charge is -2.38. The molecule has 1 amide bonds. The van der Waals surface area contributed by atoms with Crippen LogP contribution >= 0.6 is 0 Å². The summed E-state index contributed by atoms with van der Waals surface area (Å²) in [6.45, 7) is 5.15. The largest absolute Gasteiger partial charge is 0.454 e. The molecule has 0 radical (unpaired) electrons. The van der Waals surface area contributed by atoms with Gasteiger partial charge in [0.05, 0.1) is 17.2 Å². The number of rotatable bonds is 5. The number of fused-ring (bicyclic) bond motifs is 2. The number of carbonyl (C=O) groups is 1. The van der Waals surface area contributed by atoms with Crippen LogP contribution in [0.2, 0.25) is 0 Å². The number of nitrogens with zero attached hydrogens (tertiary/aromatic N) is 4. The number of benzene rings is 2. The molecule has 0 spiro atoms. The van der Waals surface area contributed by atoms with Crippen LogP contribution in [-0.2, 0) is 17.9 Å². The lowest BCUT2D eigenvalue weighted by atomic mass is 9.81.